The van der Waals surface area contributed by atoms with Gasteiger partial charge in [-0.25, -0.2) is 0 Å². The van der Waals surface area contributed by atoms with E-state index in [9.17, 15) is 4.79 Å². The number of aryl methyl sites for hydroxylation is 1. The summed E-state index contributed by atoms with van der Waals surface area (Å²) < 4.78 is 5.93. The van der Waals surface area contributed by atoms with Crippen LogP contribution in [0.4, 0.5) is 0 Å². The Labute approximate surface area is 145 Å². The van der Waals surface area contributed by atoms with E-state index in [0.717, 1.165) is 57.9 Å². The fraction of sp³-hybridized carbons (Fsp3) is 0.684. The number of piperidine rings is 1. The molecule has 24 heavy (non-hydrogen) atoms. The number of amides is 1. The lowest BCUT2D eigenvalue weighted by Gasteiger charge is -2.44. The highest BCUT2D eigenvalue weighted by Gasteiger charge is 2.40. The van der Waals surface area contributed by atoms with Gasteiger partial charge in [-0.3, -0.25) is 14.7 Å². The summed E-state index contributed by atoms with van der Waals surface area (Å²) in [4.78, 5) is 21.6. The normalized spacial score (nSPS) is 25.9. The maximum Gasteiger partial charge on any atom is 0.255 e. The number of carbonyl (C=O) groups excluding carboxylic acids is 1. The Bertz CT molecular complexity index is 572. The zero-order valence-electron chi connectivity index (χ0n) is 15.1. The monoisotopic (exact) mass is 331 g/mol. The summed E-state index contributed by atoms with van der Waals surface area (Å²) >= 11 is 0. The number of carbonyl (C=O) groups is 1. The molecule has 2 aliphatic heterocycles. The summed E-state index contributed by atoms with van der Waals surface area (Å²) in [7, 11) is 0. The number of ether oxygens (including phenoxy) is 1. The number of likely N-dealkylation sites (tertiary alicyclic amines) is 1. The third-order valence-corrected chi connectivity index (χ3v) is 5.31. The second-order valence-electron chi connectivity index (χ2n) is 7.64. The summed E-state index contributed by atoms with van der Waals surface area (Å²) in [6, 6.07) is 4.30. The lowest BCUT2D eigenvalue weighted by Crippen LogP contribution is -2.53. The van der Waals surface area contributed by atoms with Crippen molar-refractivity contribution in [2.75, 3.05) is 39.4 Å². The summed E-state index contributed by atoms with van der Waals surface area (Å²) in [6.45, 7) is 11.6. The molecule has 2 saturated heterocycles. The van der Waals surface area contributed by atoms with Crippen LogP contribution in [0.1, 0.15) is 42.7 Å². The Morgan fingerprint density at radius 1 is 1.29 bits per heavy atom. The maximum atomic E-state index is 12.9. The molecule has 1 amide bonds. The highest BCUT2D eigenvalue weighted by molar-refractivity contribution is 5.94. The van der Waals surface area contributed by atoms with Gasteiger partial charge in [0.15, 0.2) is 0 Å². The molecule has 0 saturated carbocycles. The van der Waals surface area contributed by atoms with E-state index in [1.807, 2.05) is 24.0 Å². The quantitative estimate of drug-likeness (QED) is 0.834. The largest absolute Gasteiger partial charge is 0.379 e. The molecular weight excluding hydrogens is 302 g/mol. The molecule has 132 valence electrons. The molecule has 3 heterocycles. The van der Waals surface area contributed by atoms with E-state index in [0.29, 0.717) is 11.6 Å². The van der Waals surface area contributed by atoms with Crippen molar-refractivity contribution < 1.29 is 9.53 Å². The van der Waals surface area contributed by atoms with Crippen molar-refractivity contribution in [2.24, 2.45) is 5.41 Å². The second kappa shape index (κ2) is 7.19. The van der Waals surface area contributed by atoms with Crippen molar-refractivity contribution in [1.82, 2.24) is 14.8 Å². The van der Waals surface area contributed by atoms with Gasteiger partial charge in [0, 0.05) is 49.5 Å². The predicted molar refractivity (Wildman–Crippen MR) is 94.1 cm³/mol. The minimum Gasteiger partial charge on any atom is -0.379 e. The zero-order valence-corrected chi connectivity index (χ0v) is 15.1. The van der Waals surface area contributed by atoms with E-state index in [4.69, 9.17) is 4.74 Å². The average Bonchev–Trinajstić information content (AvgIpc) is 2.78. The molecule has 1 aromatic rings. The Morgan fingerprint density at radius 2 is 2.12 bits per heavy atom. The SMILES string of the molecule is Cc1ccc(C(=O)N2CCC[C@]3(COCCN(C(C)C)C3)C2)cn1. The molecule has 0 N–H and O–H groups in total. The standard InChI is InChI=1S/C19H29N3O2/c1-15(2)21-9-10-24-14-19(12-21)7-4-8-22(13-19)18(23)17-6-5-16(3)20-11-17/h5-6,11,15H,4,7-10,12-14H2,1-3H3/t19-/m1/s1. The number of hydrogen-bond acceptors (Lipinski definition) is 4. The first-order chi connectivity index (χ1) is 11.5. The van der Waals surface area contributed by atoms with Crippen LogP contribution in [0.25, 0.3) is 0 Å². The molecule has 1 aromatic heterocycles. The van der Waals surface area contributed by atoms with E-state index in [2.05, 4.69) is 23.7 Å². The average molecular weight is 331 g/mol. The molecule has 5 heteroatoms. The molecule has 1 atom stereocenters. The van der Waals surface area contributed by atoms with Crippen molar-refractivity contribution in [3.8, 4) is 0 Å². The van der Waals surface area contributed by atoms with Crippen molar-refractivity contribution in [3.63, 3.8) is 0 Å². The first-order valence-corrected chi connectivity index (χ1v) is 9.03. The summed E-state index contributed by atoms with van der Waals surface area (Å²) in [5.74, 6) is 0.0990. The van der Waals surface area contributed by atoms with Gasteiger partial charge in [0.25, 0.3) is 5.91 Å². The fourth-order valence-corrected chi connectivity index (χ4v) is 3.87. The number of pyridine rings is 1. The van der Waals surface area contributed by atoms with Gasteiger partial charge in [-0.05, 0) is 45.7 Å². The molecule has 3 rings (SSSR count). The van der Waals surface area contributed by atoms with Crippen LogP contribution in [0.2, 0.25) is 0 Å². The topological polar surface area (TPSA) is 45.7 Å². The van der Waals surface area contributed by atoms with Crippen LogP contribution >= 0.6 is 0 Å². The summed E-state index contributed by atoms with van der Waals surface area (Å²) in [5.41, 5.74) is 1.69. The van der Waals surface area contributed by atoms with Crippen molar-refractivity contribution in [3.05, 3.63) is 29.6 Å². The fourth-order valence-electron chi connectivity index (χ4n) is 3.87. The minimum atomic E-state index is 0.0623. The van der Waals surface area contributed by atoms with Crippen LogP contribution in [0.3, 0.4) is 0 Å². The van der Waals surface area contributed by atoms with Gasteiger partial charge in [-0.1, -0.05) is 0 Å². The molecule has 2 aliphatic rings. The molecule has 1 spiro atoms. The number of nitrogens with zero attached hydrogens (tertiary/aromatic N) is 3. The van der Waals surface area contributed by atoms with E-state index < -0.39 is 0 Å². The third kappa shape index (κ3) is 3.78. The Balaban J connectivity index is 1.75. The van der Waals surface area contributed by atoms with Crippen LogP contribution in [0, 0.1) is 12.3 Å². The van der Waals surface area contributed by atoms with Crippen molar-refractivity contribution in [2.45, 2.75) is 39.7 Å². The van der Waals surface area contributed by atoms with Crippen LogP contribution in [0.15, 0.2) is 18.3 Å². The third-order valence-electron chi connectivity index (χ3n) is 5.31. The molecule has 0 aromatic carbocycles. The highest BCUT2D eigenvalue weighted by Crippen LogP contribution is 2.34. The summed E-state index contributed by atoms with van der Waals surface area (Å²) in [6.07, 6.45) is 3.87. The van der Waals surface area contributed by atoms with E-state index >= 15 is 0 Å². The molecule has 0 unspecified atom stereocenters. The lowest BCUT2D eigenvalue weighted by molar-refractivity contribution is 0.00571. The second-order valence-corrected chi connectivity index (χ2v) is 7.64. The first-order valence-electron chi connectivity index (χ1n) is 9.03. The smallest absolute Gasteiger partial charge is 0.255 e. The number of hydrogen-bond donors (Lipinski definition) is 0. The van der Waals surface area contributed by atoms with Gasteiger partial charge in [-0.2, -0.15) is 0 Å². The van der Waals surface area contributed by atoms with Gasteiger partial charge >= 0.3 is 0 Å². The Hall–Kier alpha value is -1.46. The Kier molecular flexibility index (Phi) is 5.21. The molecular formula is C19H29N3O2. The van der Waals surface area contributed by atoms with Crippen LogP contribution in [-0.4, -0.2) is 66.1 Å². The van der Waals surface area contributed by atoms with Gasteiger partial charge in [-0.15, -0.1) is 0 Å². The predicted octanol–water partition coefficient (Wildman–Crippen LogP) is 2.35. The van der Waals surface area contributed by atoms with E-state index in [1.54, 1.807) is 6.20 Å². The van der Waals surface area contributed by atoms with Gasteiger partial charge < -0.3 is 9.64 Å². The van der Waals surface area contributed by atoms with Crippen LogP contribution < -0.4 is 0 Å². The maximum absolute atomic E-state index is 12.9. The van der Waals surface area contributed by atoms with Crippen LogP contribution in [-0.2, 0) is 4.74 Å². The zero-order chi connectivity index (χ0) is 17.2. The molecule has 0 radical (unpaired) electrons. The van der Waals surface area contributed by atoms with Crippen molar-refractivity contribution >= 4 is 5.91 Å². The highest BCUT2D eigenvalue weighted by atomic mass is 16.5. The van der Waals surface area contributed by atoms with Gasteiger partial charge in [0.2, 0.25) is 0 Å². The van der Waals surface area contributed by atoms with Gasteiger partial charge in [0.1, 0.15) is 0 Å². The molecule has 0 bridgehead atoms. The van der Waals surface area contributed by atoms with E-state index in [-0.39, 0.29) is 11.3 Å². The first kappa shape index (κ1) is 17.4. The summed E-state index contributed by atoms with van der Waals surface area (Å²) in [5, 5.41) is 0. The molecule has 0 aliphatic carbocycles. The molecule has 5 nitrogen and oxygen atoms in total. The Morgan fingerprint density at radius 3 is 2.83 bits per heavy atom. The molecule has 2 fully saturated rings. The van der Waals surface area contributed by atoms with Gasteiger partial charge in [0.05, 0.1) is 18.8 Å². The number of rotatable bonds is 2. The minimum absolute atomic E-state index is 0.0623. The lowest BCUT2D eigenvalue weighted by atomic mass is 9.79. The number of aromatic nitrogens is 1. The van der Waals surface area contributed by atoms with Crippen molar-refractivity contribution in [1.29, 1.82) is 0 Å². The van der Waals surface area contributed by atoms with E-state index in [1.165, 1.54) is 0 Å². The van der Waals surface area contributed by atoms with Crippen LogP contribution in [0.5, 0.6) is 0 Å².